The van der Waals surface area contributed by atoms with E-state index < -0.39 is 0 Å². The molecule has 1 fully saturated rings. The van der Waals surface area contributed by atoms with Gasteiger partial charge in [-0.1, -0.05) is 0 Å². The van der Waals surface area contributed by atoms with E-state index in [0.29, 0.717) is 31.2 Å². The number of hydrogen-bond acceptors (Lipinski definition) is 4. The first-order valence-electron chi connectivity index (χ1n) is 8.88. The summed E-state index contributed by atoms with van der Waals surface area (Å²) in [5.74, 6) is 0.941. The molecular weight excluding hydrogens is 321 g/mol. The van der Waals surface area contributed by atoms with Crippen molar-refractivity contribution in [3.8, 4) is 11.5 Å². The highest BCUT2D eigenvalue weighted by Crippen LogP contribution is 2.19. The van der Waals surface area contributed by atoms with Crippen molar-refractivity contribution in [3.05, 3.63) is 42.0 Å². The van der Waals surface area contributed by atoms with Gasteiger partial charge in [0.2, 0.25) is 11.8 Å². The van der Waals surface area contributed by atoms with Gasteiger partial charge in [-0.3, -0.25) is 4.79 Å². The first-order chi connectivity index (χ1) is 12.2. The van der Waals surface area contributed by atoms with E-state index in [1.807, 2.05) is 0 Å². The Morgan fingerprint density at radius 2 is 2.04 bits per heavy atom. The van der Waals surface area contributed by atoms with Crippen molar-refractivity contribution < 1.29 is 13.6 Å². The third-order valence-corrected chi connectivity index (χ3v) is 4.58. The molecule has 0 spiro atoms. The van der Waals surface area contributed by atoms with Gasteiger partial charge < -0.3 is 15.1 Å². The summed E-state index contributed by atoms with van der Waals surface area (Å²) in [6.45, 7) is 2.67. The Balaban J connectivity index is 1.38. The molecule has 1 aliphatic rings. The van der Waals surface area contributed by atoms with Crippen LogP contribution >= 0.6 is 0 Å². The van der Waals surface area contributed by atoms with Crippen LogP contribution in [0.1, 0.15) is 31.4 Å². The molecule has 3 rings (SSSR count). The summed E-state index contributed by atoms with van der Waals surface area (Å²) in [5.41, 5.74) is 1.51. The zero-order chi connectivity index (χ0) is 17.5. The maximum atomic E-state index is 12.9. The molecule has 0 aliphatic carbocycles. The minimum Gasteiger partial charge on any atom is -0.444 e. The number of piperidine rings is 1. The van der Waals surface area contributed by atoms with E-state index >= 15 is 0 Å². The topological polar surface area (TPSA) is 67.2 Å². The lowest BCUT2D eigenvalue weighted by Gasteiger charge is -2.22. The number of nitrogens with zero attached hydrogens (tertiary/aromatic N) is 1. The Morgan fingerprint density at radius 1 is 1.28 bits per heavy atom. The second-order valence-corrected chi connectivity index (χ2v) is 6.48. The smallest absolute Gasteiger partial charge is 0.226 e. The van der Waals surface area contributed by atoms with E-state index in [0.717, 1.165) is 30.8 Å². The largest absolute Gasteiger partial charge is 0.444 e. The van der Waals surface area contributed by atoms with E-state index in [4.69, 9.17) is 4.42 Å². The number of oxazole rings is 1. The summed E-state index contributed by atoms with van der Waals surface area (Å²) in [7, 11) is 0. The van der Waals surface area contributed by atoms with Crippen molar-refractivity contribution in [1.82, 2.24) is 15.6 Å². The number of aromatic nitrogens is 1. The molecule has 6 heteroatoms. The van der Waals surface area contributed by atoms with Gasteiger partial charge in [-0.15, -0.1) is 0 Å². The average molecular weight is 345 g/mol. The summed E-state index contributed by atoms with van der Waals surface area (Å²) in [4.78, 5) is 16.3. The highest BCUT2D eigenvalue weighted by atomic mass is 19.1. The molecule has 25 heavy (non-hydrogen) atoms. The molecule has 1 aromatic carbocycles. The van der Waals surface area contributed by atoms with Gasteiger partial charge in [-0.2, -0.15) is 0 Å². The second kappa shape index (κ2) is 8.76. The highest BCUT2D eigenvalue weighted by molar-refractivity contribution is 5.75. The molecule has 0 radical (unpaired) electrons. The maximum absolute atomic E-state index is 12.9. The molecule has 1 aliphatic heterocycles. The molecular formula is C19H24FN3O2. The molecule has 2 N–H and O–H groups in total. The zero-order valence-corrected chi connectivity index (χ0v) is 14.3. The number of halogens is 1. The number of rotatable bonds is 7. The number of amides is 1. The Hall–Kier alpha value is -2.21. The summed E-state index contributed by atoms with van der Waals surface area (Å²) < 4.78 is 18.4. The number of hydrogen-bond donors (Lipinski definition) is 2. The fraction of sp³-hybridized carbons (Fsp3) is 0.474. The van der Waals surface area contributed by atoms with E-state index in [1.54, 1.807) is 18.4 Å². The first kappa shape index (κ1) is 17.6. The third kappa shape index (κ3) is 5.39. The summed E-state index contributed by atoms with van der Waals surface area (Å²) in [6.07, 6.45) is 6.08. The van der Waals surface area contributed by atoms with Crippen LogP contribution in [-0.4, -0.2) is 30.5 Å². The van der Waals surface area contributed by atoms with Crippen molar-refractivity contribution in [1.29, 1.82) is 0 Å². The molecule has 0 unspecified atom stereocenters. The standard InChI is InChI=1S/C19H24FN3O2/c20-16-4-2-15(3-5-16)19-23-17(13-25-19)9-12-22-18(24)6-1-14-7-10-21-11-8-14/h2-5,13-14,21H,1,6-12H2,(H,22,24). The van der Waals surface area contributed by atoms with E-state index in [9.17, 15) is 9.18 Å². The molecule has 1 aromatic heterocycles. The molecule has 1 amide bonds. The van der Waals surface area contributed by atoms with E-state index in [1.165, 1.54) is 25.0 Å². The summed E-state index contributed by atoms with van der Waals surface area (Å²) in [6, 6.07) is 6.02. The predicted molar refractivity (Wildman–Crippen MR) is 93.4 cm³/mol. The van der Waals surface area contributed by atoms with Gasteiger partial charge in [-0.25, -0.2) is 9.37 Å². The first-order valence-corrected chi connectivity index (χ1v) is 8.88. The molecule has 2 heterocycles. The molecule has 134 valence electrons. The minimum atomic E-state index is -0.289. The van der Waals surface area contributed by atoms with Crippen LogP contribution in [0.25, 0.3) is 11.5 Å². The van der Waals surface area contributed by atoms with Crippen molar-refractivity contribution in [3.63, 3.8) is 0 Å². The summed E-state index contributed by atoms with van der Waals surface area (Å²) >= 11 is 0. The van der Waals surface area contributed by atoms with Crippen molar-refractivity contribution >= 4 is 5.91 Å². The Morgan fingerprint density at radius 3 is 2.80 bits per heavy atom. The monoisotopic (exact) mass is 345 g/mol. The fourth-order valence-electron chi connectivity index (χ4n) is 3.07. The van der Waals surface area contributed by atoms with E-state index in [2.05, 4.69) is 15.6 Å². The van der Waals surface area contributed by atoms with Crippen LogP contribution in [0.3, 0.4) is 0 Å². The normalized spacial score (nSPS) is 15.2. The van der Waals surface area contributed by atoms with Gasteiger partial charge >= 0.3 is 0 Å². The van der Waals surface area contributed by atoms with Gasteiger partial charge in [0.15, 0.2) is 0 Å². The number of carbonyl (C=O) groups excluding carboxylic acids is 1. The van der Waals surface area contributed by atoms with Gasteiger partial charge in [0, 0.05) is 24.9 Å². The number of carbonyl (C=O) groups is 1. The summed E-state index contributed by atoms with van der Waals surface area (Å²) in [5, 5.41) is 6.28. The van der Waals surface area contributed by atoms with Crippen LogP contribution < -0.4 is 10.6 Å². The molecule has 2 aromatic rings. The maximum Gasteiger partial charge on any atom is 0.226 e. The van der Waals surface area contributed by atoms with Gasteiger partial charge in [0.1, 0.15) is 12.1 Å². The number of benzene rings is 1. The molecule has 0 bridgehead atoms. The van der Waals surface area contributed by atoms with Gasteiger partial charge in [-0.05, 0) is 62.5 Å². The second-order valence-electron chi connectivity index (χ2n) is 6.48. The zero-order valence-electron chi connectivity index (χ0n) is 14.3. The van der Waals surface area contributed by atoms with E-state index in [-0.39, 0.29) is 11.7 Å². The average Bonchev–Trinajstić information content (AvgIpc) is 3.10. The lowest BCUT2D eigenvalue weighted by molar-refractivity contribution is -0.121. The Bertz CT molecular complexity index is 678. The van der Waals surface area contributed by atoms with Crippen molar-refractivity contribution in [2.45, 2.75) is 32.1 Å². The van der Waals surface area contributed by atoms with Crippen LogP contribution in [0.15, 0.2) is 34.9 Å². The van der Waals surface area contributed by atoms with Crippen LogP contribution in [0.5, 0.6) is 0 Å². The Labute approximate surface area is 147 Å². The lowest BCUT2D eigenvalue weighted by Crippen LogP contribution is -2.30. The quantitative estimate of drug-likeness (QED) is 0.810. The van der Waals surface area contributed by atoms with Gasteiger partial charge in [0.25, 0.3) is 0 Å². The van der Waals surface area contributed by atoms with Crippen LogP contribution in [0.4, 0.5) is 4.39 Å². The molecule has 0 saturated carbocycles. The minimum absolute atomic E-state index is 0.0979. The highest BCUT2D eigenvalue weighted by Gasteiger charge is 2.14. The lowest BCUT2D eigenvalue weighted by atomic mass is 9.93. The Kier molecular flexibility index (Phi) is 6.17. The van der Waals surface area contributed by atoms with Crippen LogP contribution in [0.2, 0.25) is 0 Å². The predicted octanol–water partition coefficient (Wildman–Crippen LogP) is 2.92. The SMILES string of the molecule is O=C(CCC1CCNCC1)NCCc1coc(-c2ccc(F)cc2)n1. The van der Waals surface area contributed by atoms with Crippen molar-refractivity contribution in [2.75, 3.05) is 19.6 Å². The molecule has 5 nitrogen and oxygen atoms in total. The van der Waals surface area contributed by atoms with Crippen LogP contribution in [0, 0.1) is 11.7 Å². The third-order valence-electron chi connectivity index (χ3n) is 4.58. The fourth-order valence-corrected chi connectivity index (χ4v) is 3.07. The molecule has 0 atom stereocenters. The van der Waals surface area contributed by atoms with Crippen LogP contribution in [-0.2, 0) is 11.2 Å². The van der Waals surface area contributed by atoms with Gasteiger partial charge in [0.05, 0.1) is 5.69 Å². The molecule has 1 saturated heterocycles. The number of nitrogens with one attached hydrogen (secondary N) is 2. The van der Waals surface area contributed by atoms with Crippen molar-refractivity contribution in [2.24, 2.45) is 5.92 Å².